The topological polar surface area (TPSA) is 9.23 Å². The Morgan fingerprint density at radius 3 is 2.45 bits per heavy atom. The monoisotopic (exact) mass is 272 g/mol. The van der Waals surface area contributed by atoms with E-state index in [1.807, 2.05) is 0 Å². The van der Waals surface area contributed by atoms with Gasteiger partial charge in [0.15, 0.2) is 0 Å². The van der Waals surface area contributed by atoms with Crippen molar-refractivity contribution in [2.45, 2.75) is 46.0 Å². The van der Waals surface area contributed by atoms with E-state index < -0.39 is 0 Å². The molecule has 0 spiro atoms. The fourth-order valence-electron chi connectivity index (χ4n) is 2.36. The lowest BCUT2D eigenvalue weighted by Gasteiger charge is -2.09. The Morgan fingerprint density at radius 2 is 1.80 bits per heavy atom. The summed E-state index contributed by atoms with van der Waals surface area (Å²) in [5, 5.41) is 0. The van der Waals surface area contributed by atoms with Gasteiger partial charge in [-0.05, 0) is 62.7 Å². The van der Waals surface area contributed by atoms with E-state index in [9.17, 15) is 0 Å². The van der Waals surface area contributed by atoms with Crippen molar-refractivity contribution in [1.29, 1.82) is 0 Å². The predicted octanol–water partition coefficient (Wildman–Crippen LogP) is 5.55. The molecule has 0 amide bonds. The Balaban J connectivity index is 2.31. The van der Waals surface area contributed by atoms with Gasteiger partial charge in [0.25, 0.3) is 0 Å². The molecular formula is C19H28O. The van der Waals surface area contributed by atoms with Crippen molar-refractivity contribution in [3.63, 3.8) is 0 Å². The maximum absolute atomic E-state index is 5.03. The van der Waals surface area contributed by atoms with Crippen molar-refractivity contribution in [2.24, 2.45) is 0 Å². The molecule has 0 fully saturated rings. The second-order valence-corrected chi connectivity index (χ2v) is 5.13. The minimum absolute atomic E-state index is 0.861. The first-order valence-electron chi connectivity index (χ1n) is 7.64. The number of hydrogen-bond acceptors (Lipinski definition) is 1. The maximum atomic E-state index is 5.03. The van der Waals surface area contributed by atoms with E-state index in [2.05, 4.69) is 56.3 Å². The fourth-order valence-corrected chi connectivity index (χ4v) is 2.36. The van der Waals surface area contributed by atoms with Gasteiger partial charge in [0, 0.05) is 13.7 Å². The first kappa shape index (κ1) is 16.7. The van der Waals surface area contributed by atoms with Crippen molar-refractivity contribution in [2.75, 3.05) is 13.7 Å². The molecule has 110 valence electrons. The van der Waals surface area contributed by atoms with Crippen LogP contribution >= 0.6 is 0 Å². The van der Waals surface area contributed by atoms with Gasteiger partial charge in [-0.3, -0.25) is 0 Å². The van der Waals surface area contributed by atoms with E-state index in [0.717, 1.165) is 32.3 Å². The number of unbranched alkanes of at least 4 members (excludes halogenated alkanes) is 2. The molecule has 1 aromatic carbocycles. The Labute approximate surface area is 124 Å². The minimum atomic E-state index is 0.861. The summed E-state index contributed by atoms with van der Waals surface area (Å²) >= 11 is 0. The molecule has 0 saturated carbocycles. The van der Waals surface area contributed by atoms with Crippen molar-refractivity contribution in [3.05, 3.63) is 53.6 Å². The number of benzene rings is 1. The molecule has 0 saturated heterocycles. The Bertz CT molecular complexity index is 429. The minimum Gasteiger partial charge on any atom is -0.385 e. The zero-order valence-electron chi connectivity index (χ0n) is 13.2. The third-order valence-electron chi connectivity index (χ3n) is 3.54. The Hall–Kier alpha value is -1.34. The van der Waals surface area contributed by atoms with Crippen molar-refractivity contribution < 1.29 is 4.74 Å². The van der Waals surface area contributed by atoms with Crippen LogP contribution in [0.15, 0.2) is 42.5 Å². The third-order valence-corrected chi connectivity index (χ3v) is 3.54. The summed E-state index contributed by atoms with van der Waals surface area (Å²) in [4.78, 5) is 0. The number of ether oxygens (including phenoxy) is 1. The Morgan fingerprint density at radius 1 is 1.10 bits per heavy atom. The largest absolute Gasteiger partial charge is 0.385 e. The first-order chi connectivity index (χ1) is 9.79. The van der Waals surface area contributed by atoms with Gasteiger partial charge in [-0.1, -0.05) is 42.5 Å². The number of hydrogen-bond donors (Lipinski definition) is 0. The molecule has 1 nitrogen and oxygen atoms in total. The summed E-state index contributed by atoms with van der Waals surface area (Å²) < 4.78 is 5.03. The van der Waals surface area contributed by atoms with Gasteiger partial charge >= 0.3 is 0 Å². The number of rotatable bonds is 9. The molecule has 20 heavy (non-hydrogen) atoms. The SMILES string of the molecule is C/C=C(/CCC/C=C\CCCOC)c1ccccc1C. The lowest BCUT2D eigenvalue weighted by molar-refractivity contribution is 0.196. The molecule has 1 aromatic rings. The summed E-state index contributed by atoms with van der Waals surface area (Å²) in [6, 6.07) is 8.65. The van der Waals surface area contributed by atoms with Crippen LogP contribution in [0.3, 0.4) is 0 Å². The molecule has 1 heteroatoms. The molecule has 0 aliphatic rings. The molecule has 0 aliphatic heterocycles. The van der Waals surface area contributed by atoms with Gasteiger partial charge in [-0.2, -0.15) is 0 Å². The second kappa shape index (κ2) is 10.4. The maximum Gasteiger partial charge on any atom is 0.0465 e. The molecular weight excluding hydrogens is 244 g/mol. The molecule has 0 aliphatic carbocycles. The van der Waals surface area contributed by atoms with Crippen LogP contribution in [0.2, 0.25) is 0 Å². The van der Waals surface area contributed by atoms with E-state index >= 15 is 0 Å². The fraction of sp³-hybridized carbons (Fsp3) is 0.474. The van der Waals surface area contributed by atoms with Gasteiger partial charge in [0.2, 0.25) is 0 Å². The summed E-state index contributed by atoms with van der Waals surface area (Å²) in [5.41, 5.74) is 4.24. The predicted molar refractivity (Wildman–Crippen MR) is 88.9 cm³/mol. The zero-order valence-corrected chi connectivity index (χ0v) is 13.2. The van der Waals surface area contributed by atoms with Crippen LogP contribution in [-0.2, 0) is 4.74 Å². The number of allylic oxidation sites excluding steroid dienone is 4. The van der Waals surface area contributed by atoms with Gasteiger partial charge in [0.05, 0.1) is 0 Å². The lowest BCUT2D eigenvalue weighted by atomic mass is 9.96. The smallest absolute Gasteiger partial charge is 0.0465 e. The average molecular weight is 272 g/mol. The van der Waals surface area contributed by atoms with E-state index in [4.69, 9.17) is 4.74 Å². The van der Waals surface area contributed by atoms with Crippen LogP contribution in [0.5, 0.6) is 0 Å². The lowest BCUT2D eigenvalue weighted by Crippen LogP contribution is -1.89. The van der Waals surface area contributed by atoms with Crippen molar-refractivity contribution in [3.8, 4) is 0 Å². The molecule has 0 heterocycles. The quantitative estimate of drug-likeness (QED) is 0.423. The second-order valence-electron chi connectivity index (χ2n) is 5.13. The van der Waals surface area contributed by atoms with E-state index in [1.54, 1.807) is 7.11 Å². The highest BCUT2D eigenvalue weighted by Crippen LogP contribution is 2.23. The van der Waals surface area contributed by atoms with Gasteiger partial charge in [-0.25, -0.2) is 0 Å². The van der Waals surface area contributed by atoms with Crippen LogP contribution in [0.25, 0.3) is 5.57 Å². The number of aryl methyl sites for hydroxylation is 1. The van der Waals surface area contributed by atoms with Crippen LogP contribution in [0.1, 0.15) is 50.2 Å². The number of methoxy groups -OCH3 is 1. The normalized spacial score (nSPS) is 12.2. The van der Waals surface area contributed by atoms with Crippen LogP contribution in [0.4, 0.5) is 0 Å². The molecule has 0 N–H and O–H groups in total. The average Bonchev–Trinajstić information content (AvgIpc) is 2.47. The summed E-state index contributed by atoms with van der Waals surface area (Å²) in [6.07, 6.45) is 12.6. The summed E-state index contributed by atoms with van der Waals surface area (Å²) in [6.45, 7) is 5.19. The molecule has 0 bridgehead atoms. The van der Waals surface area contributed by atoms with Crippen LogP contribution in [-0.4, -0.2) is 13.7 Å². The van der Waals surface area contributed by atoms with E-state index in [-0.39, 0.29) is 0 Å². The van der Waals surface area contributed by atoms with Gasteiger partial charge < -0.3 is 4.74 Å². The molecule has 0 unspecified atom stereocenters. The summed E-state index contributed by atoms with van der Waals surface area (Å²) in [7, 11) is 1.76. The summed E-state index contributed by atoms with van der Waals surface area (Å²) in [5.74, 6) is 0. The Kier molecular flexibility index (Phi) is 8.73. The van der Waals surface area contributed by atoms with Crippen molar-refractivity contribution in [1.82, 2.24) is 0 Å². The molecule has 0 aromatic heterocycles. The van der Waals surface area contributed by atoms with Crippen LogP contribution in [0, 0.1) is 6.92 Å². The van der Waals surface area contributed by atoms with E-state index in [1.165, 1.54) is 23.1 Å². The highest BCUT2D eigenvalue weighted by Gasteiger charge is 2.02. The van der Waals surface area contributed by atoms with Gasteiger partial charge in [0.1, 0.15) is 0 Å². The molecule has 0 radical (unpaired) electrons. The highest BCUT2D eigenvalue weighted by atomic mass is 16.5. The zero-order chi connectivity index (χ0) is 14.6. The van der Waals surface area contributed by atoms with Gasteiger partial charge in [-0.15, -0.1) is 0 Å². The molecule has 1 rings (SSSR count). The first-order valence-corrected chi connectivity index (χ1v) is 7.64. The highest BCUT2D eigenvalue weighted by molar-refractivity contribution is 5.67. The standard InChI is InChI=1S/C19H28O/c1-4-18(19-15-11-10-13-17(19)2)14-9-7-5-6-8-12-16-20-3/h4-6,10-11,13,15H,7-9,12,14,16H2,1-3H3/b6-5-,18-4-. The van der Waals surface area contributed by atoms with E-state index in [0.29, 0.717) is 0 Å². The molecule has 0 atom stereocenters. The van der Waals surface area contributed by atoms with Crippen molar-refractivity contribution >= 4 is 5.57 Å². The third kappa shape index (κ3) is 6.21. The van der Waals surface area contributed by atoms with Crippen LogP contribution < -0.4 is 0 Å².